The van der Waals surface area contributed by atoms with Crippen LogP contribution in [0.3, 0.4) is 0 Å². The summed E-state index contributed by atoms with van der Waals surface area (Å²) in [5.74, 6) is 1.06. The van der Waals surface area contributed by atoms with Gasteiger partial charge in [-0.1, -0.05) is 17.8 Å². The van der Waals surface area contributed by atoms with Crippen LogP contribution >= 0.6 is 11.8 Å². The first-order valence-corrected chi connectivity index (χ1v) is 7.98. The van der Waals surface area contributed by atoms with E-state index in [0.717, 1.165) is 5.69 Å². The zero-order valence-electron chi connectivity index (χ0n) is 12.4. The molecule has 1 aliphatic rings. The molecule has 114 valence electrons. The lowest BCUT2D eigenvalue weighted by Gasteiger charge is -2.13. The van der Waals surface area contributed by atoms with Crippen LogP contribution in [0, 0.1) is 13.8 Å². The first-order valence-electron chi connectivity index (χ1n) is 6.99. The van der Waals surface area contributed by atoms with E-state index in [1.165, 1.54) is 17.8 Å². The van der Waals surface area contributed by atoms with Crippen molar-refractivity contribution in [1.29, 1.82) is 0 Å². The van der Waals surface area contributed by atoms with Crippen LogP contribution in [0.4, 0.5) is 5.82 Å². The Bertz CT molecular complexity index is 787. The Kier molecular flexibility index (Phi) is 3.98. The van der Waals surface area contributed by atoms with Gasteiger partial charge in [-0.15, -0.1) is 0 Å². The highest BCUT2D eigenvalue weighted by atomic mass is 32.2. The maximum Gasteiger partial charge on any atom is 0.254 e. The van der Waals surface area contributed by atoms with Crippen LogP contribution in [0.5, 0.6) is 0 Å². The van der Waals surface area contributed by atoms with Crippen LogP contribution in [0.2, 0.25) is 0 Å². The lowest BCUT2D eigenvalue weighted by Crippen LogP contribution is -2.27. The fraction of sp³-hybridized carbons (Fsp3) is 0.333. The van der Waals surface area contributed by atoms with Crippen molar-refractivity contribution in [3.8, 4) is 0 Å². The molecule has 1 aliphatic heterocycles. The zero-order chi connectivity index (χ0) is 15.7. The predicted molar refractivity (Wildman–Crippen MR) is 85.2 cm³/mol. The molecule has 1 N–H and O–H groups in total. The number of carbonyl (C=O) groups excluding carboxylic acids is 1. The summed E-state index contributed by atoms with van der Waals surface area (Å²) in [4.78, 5) is 32.9. The van der Waals surface area contributed by atoms with E-state index in [2.05, 4.69) is 15.3 Å². The number of thioether (sulfide) groups is 1. The van der Waals surface area contributed by atoms with E-state index < -0.39 is 0 Å². The number of carbonyl (C=O) groups is 1. The van der Waals surface area contributed by atoms with Crippen molar-refractivity contribution in [2.45, 2.75) is 31.5 Å². The van der Waals surface area contributed by atoms with E-state index in [1.807, 2.05) is 19.1 Å². The fourth-order valence-electron chi connectivity index (χ4n) is 2.43. The third kappa shape index (κ3) is 3.04. The smallest absolute Gasteiger partial charge is 0.254 e. The normalized spacial score (nSPS) is 16.4. The number of nitrogens with zero attached hydrogens (tertiary/aromatic N) is 3. The number of nitrogens with one attached hydrogen (secondary N) is 1. The molecule has 3 rings (SSSR count). The van der Waals surface area contributed by atoms with Gasteiger partial charge < -0.3 is 5.32 Å². The summed E-state index contributed by atoms with van der Waals surface area (Å²) in [7, 11) is 0. The van der Waals surface area contributed by atoms with Gasteiger partial charge in [-0.3, -0.25) is 14.2 Å². The summed E-state index contributed by atoms with van der Waals surface area (Å²) >= 11 is 1.51. The molecular formula is C15H16N4O2S. The van der Waals surface area contributed by atoms with E-state index in [1.54, 1.807) is 17.6 Å². The molecule has 2 aromatic heterocycles. The number of fused-ring (bicyclic) bond motifs is 1. The second kappa shape index (κ2) is 5.92. The molecule has 2 aromatic rings. The van der Waals surface area contributed by atoms with E-state index in [0.29, 0.717) is 22.4 Å². The quantitative estimate of drug-likeness (QED) is 0.876. The molecule has 1 amide bonds. The number of pyridine rings is 1. The maximum atomic E-state index is 12.2. The summed E-state index contributed by atoms with van der Waals surface area (Å²) < 4.78 is 1.61. The molecule has 3 heterocycles. The van der Waals surface area contributed by atoms with E-state index >= 15 is 0 Å². The van der Waals surface area contributed by atoms with Crippen molar-refractivity contribution in [2.24, 2.45) is 0 Å². The maximum absolute atomic E-state index is 12.2. The topological polar surface area (TPSA) is 76.9 Å². The molecule has 0 spiro atoms. The van der Waals surface area contributed by atoms with Crippen molar-refractivity contribution in [3.05, 3.63) is 46.0 Å². The molecule has 6 nitrogen and oxygen atoms in total. The SMILES string of the molecule is Cc1cccc(NC(=O)CC2CSc3nc(C)cc(=O)n32)n1. The van der Waals surface area contributed by atoms with Gasteiger partial charge in [-0.05, 0) is 26.0 Å². The van der Waals surface area contributed by atoms with Gasteiger partial charge in [-0.2, -0.15) is 0 Å². The van der Waals surface area contributed by atoms with Gasteiger partial charge in [0.05, 0.1) is 6.04 Å². The van der Waals surface area contributed by atoms with E-state index in [-0.39, 0.29) is 23.9 Å². The minimum atomic E-state index is -0.162. The van der Waals surface area contributed by atoms with Crippen LogP contribution in [0.1, 0.15) is 23.9 Å². The molecule has 7 heteroatoms. The Morgan fingerprint density at radius 2 is 2.18 bits per heavy atom. The van der Waals surface area contributed by atoms with Crippen LogP contribution in [-0.4, -0.2) is 26.2 Å². The van der Waals surface area contributed by atoms with Crippen LogP contribution < -0.4 is 10.9 Å². The van der Waals surface area contributed by atoms with E-state index in [9.17, 15) is 9.59 Å². The molecule has 0 saturated heterocycles. The molecule has 0 aromatic carbocycles. The largest absolute Gasteiger partial charge is 0.311 e. The molecule has 0 saturated carbocycles. The van der Waals surface area contributed by atoms with Crippen LogP contribution in [0.15, 0.2) is 34.2 Å². The average molecular weight is 316 g/mol. The molecule has 0 bridgehead atoms. The van der Waals surface area contributed by atoms with E-state index in [4.69, 9.17) is 0 Å². The number of amides is 1. The number of aromatic nitrogens is 3. The average Bonchev–Trinajstić information content (AvgIpc) is 2.81. The molecule has 0 aliphatic carbocycles. The highest BCUT2D eigenvalue weighted by Gasteiger charge is 2.27. The lowest BCUT2D eigenvalue weighted by molar-refractivity contribution is -0.116. The second-order valence-electron chi connectivity index (χ2n) is 5.27. The van der Waals surface area contributed by atoms with Gasteiger partial charge in [0.25, 0.3) is 5.56 Å². The Hall–Kier alpha value is -2.15. The Labute approximate surface area is 132 Å². The van der Waals surface area contributed by atoms with Gasteiger partial charge in [0.2, 0.25) is 5.91 Å². The number of aryl methyl sites for hydroxylation is 2. The third-order valence-corrected chi connectivity index (χ3v) is 4.49. The van der Waals surface area contributed by atoms with Gasteiger partial charge in [0, 0.05) is 29.6 Å². The minimum Gasteiger partial charge on any atom is -0.311 e. The standard InChI is InChI=1S/C15H16N4O2S/c1-9-4-3-5-12(16-9)18-13(20)7-11-8-22-15-17-10(2)6-14(21)19(11)15/h3-6,11H,7-8H2,1-2H3,(H,16,18,20). The minimum absolute atomic E-state index is 0.0982. The van der Waals surface area contributed by atoms with Crippen LogP contribution in [-0.2, 0) is 4.79 Å². The van der Waals surface area contributed by atoms with Gasteiger partial charge in [-0.25, -0.2) is 9.97 Å². The molecule has 0 radical (unpaired) electrons. The lowest BCUT2D eigenvalue weighted by atomic mass is 10.2. The molecule has 22 heavy (non-hydrogen) atoms. The number of hydrogen-bond acceptors (Lipinski definition) is 5. The summed E-state index contributed by atoms with van der Waals surface area (Å²) in [6.45, 7) is 3.67. The van der Waals surface area contributed by atoms with Crippen molar-refractivity contribution < 1.29 is 4.79 Å². The fourth-order valence-corrected chi connectivity index (χ4v) is 3.63. The molecule has 1 atom stereocenters. The number of anilines is 1. The number of rotatable bonds is 3. The van der Waals surface area contributed by atoms with Gasteiger partial charge in [0.1, 0.15) is 5.82 Å². The second-order valence-corrected chi connectivity index (χ2v) is 6.26. The van der Waals surface area contributed by atoms with Gasteiger partial charge in [0.15, 0.2) is 5.16 Å². The highest BCUT2D eigenvalue weighted by molar-refractivity contribution is 7.99. The summed E-state index contributed by atoms with van der Waals surface area (Å²) in [5, 5.41) is 3.47. The third-order valence-electron chi connectivity index (χ3n) is 3.39. The highest BCUT2D eigenvalue weighted by Crippen LogP contribution is 2.32. The van der Waals surface area contributed by atoms with Crippen molar-refractivity contribution >= 4 is 23.5 Å². The summed E-state index contributed by atoms with van der Waals surface area (Å²) in [5.41, 5.74) is 1.45. The monoisotopic (exact) mass is 316 g/mol. The molecule has 0 fully saturated rings. The Morgan fingerprint density at radius 3 is 2.95 bits per heavy atom. The predicted octanol–water partition coefficient (Wildman–Crippen LogP) is 1.93. The summed E-state index contributed by atoms with van der Waals surface area (Å²) in [6, 6.07) is 6.80. The van der Waals surface area contributed by atoms with Gasteiger partial charge >= 0.3 is 0 Å². The number of hydrogen-bond donors (Lipinski definition) is 1. The Morgan fingerprint density at radius 1 is 1.36 bits per heavy atom. The molecule has 1 unspecified atom stereocenters. The van der Waals surface area contributed by atoms with Crippen molar-refractivity contribution in [2.75, 3.05) is 11.1 Å². The zero-order valence-corrected chi connectivity index (χ0v) is 13.2. The van der Waals surface area contributed by atoms with Crippen LogP contribution in [0.25, 0.3) is 0 Å². The van der Waals surface area contributed by atoms with Crippen molar-refractivity contribution in [3.63, 3.8) is 0 Å². The first-order chi connectivity index (χ1) is 10.5. The Balaban J connectivity index is 1.73. The summed E-state index contributed by atoms with van der Waals surface area (Å²) in [6.07, 6.45) is 0.236. The van der Waals surface area contributed by atoms with Crippen molar-refractivity contribution in [1.82, 2.24) is 14.5 Å². The first kappa shape index (κ1) is 14.8. The molecular weight excluding hydrogens is 300 g/mol.